The molecule has 0 amide bonds. The number of nitrogens with zero attached hydrogens (tertiary/aromatic N) is 2. The van der Waals surface area contributed by atoms with E-state index in [0.717, 1.165) is 55.7 Å². The topological polar surface area (TPSA) is 9.86 Å². The van der Waals surface area contributed by atoms with E-state index in [1.807, 2.05) is 6.08 Å². The van der Waals surface area contributed by atoms with Crippen molar-refractivity contribution in [2.75, 3.05) is 0 Å². The molecule has 2 heterocycles. The number of rotatable bonds is 7. The van der Waals surface area contributed by atoms with E-state index in [4.69, 9.17) is 0 Å². The Hall–Kier alpha value is -8.20. The summed E-state index contributed by atoms with van der Waals surface area (Å²) in [5.41, 5.74) is 14.9. The van der Waals surface area contributed by atoms with E-state index in [1.54, 1.807) is 0 Å². The largest absolute Gasteiger partial charge is 0.309 e. The summed E-state index contributed by atoms with van der Waals surface area (Å²) in [6.45, 7) is 6.36. The molecule has 0 aliphatic heterocycles. The minimum atomic E-state index is 1.08. The number of hydrogen-bond acceptors (Lipinski definition) is 0. The molecular formula is C61H44N2. The second kappa shape index (κ2) is 16.0. The monoisotopic (exact) mass is 804 g/mol. The van der Waals surface area contributed by atoms with Crippen molar-refractivity contribution in [3.63, 3.8) is 0 Å². The lowest BCUT2D eigenvalue weighted by molar-refractivity contribution is 1.11. The van der Waals surface area contributed by atoms with Gasteiger partial charge in [-0.3, -0.25) is 0 Å². The summed E-state index contributed by atoms with van der Waals surface area (Å²) in [7, 11) is 0. The highest BCUT2D eigenvalue weighted by Gasteiger charge is 2.18. The molecule has 0 spiro atoms. The highest BCUT2D eigenvalue weighted by Crippen LogP contribution is 2.39. The van der Waals surface area contributed by atoms with Crippen molar-refractivity contribution in [1.29, 1.82) is 0 Å². The van der Waals surface area contributed by atoms with Gasteiger partial charge in [-0.1, -0.05) is 176 Å². The second-order valence-electron chi connectivity index (χ2n) is 16.1. The smallest absolute Gasteiger partial charge is 0.0541 e. The van der Waals surface area contributed by atoms with Gasteiger partial charge in [0.05, 0.1) is 22.2 Å². The lowest BCUT2D eigenvalue weighted by Gasteiger charge is -2.16. The van der Waals surface area contributed by atoms with Crippen molar-refractivity contribution in [1.82, 2.24) is 9.13 Å². The summed E-state index contributed by atoms with van der Waals surface area (Å²) in [6, 6.07) is 79.7. The summed E-state index contributed by atoms with van der Waals surface area (Å²) in [6.07, 6.45) is 6.31. The molecule has 0 aliphatic rings. The highest BCUT2D eigenvalue weighted by molar-refractivity contribution is 6.20. The Morgan fingerprint density at radius 1 is 0.333 bits per heavy atom. The van der Waals surface area contributed by atoms with Crippen LogP contribution in [0.15, 0.2) is 231 Å². The Bertz CT molecular complexity index is 3610. The fraction of sp³-hybridized carbons (Fsp3) is 0.0164. The summed E-state index contributed by atoms with van der Waals surface area (Å²) < 4.78 is 4.79. The van der Waals surface area contributed by atoms with Crippen LogP contribution in [0.1, 0.15) is 18.2 Å². The Labute approximate surface area is 367 Å². The van der Waals surface area contributed by atoms with Crippen LogP contribution in [0.4, 0.5) is 0 Å². The molecule has 0 atom stereocenters. The average molecular weight is 805 g/mol. The highest BCUT2D eigenvalue weighted by atomic mass is 15.0. The molecule has 9 aromatic carbocycles. The third kappa shape index (κ3) is 6.61. The van der Waals surface area contributed by atoms with Gasteiger partial charge in [0.2, 0.25) is 0 Å². The fourth-order valence-corrected chi connectivity index (χ4v) is 9.54. The van der Waals surface area contributed by atoms with Gasteiger partial charge in [0.1, 0.15) is 0 Å². The molecule has 0 N–H and O–H groups in total. The van der Waals surface area contributed by atoms with Crippen molar-refractivity contribution >= 4 is 66.4 Å². The third-order valence-electron chi connectivity index (χ3n) is 12.5. The molecule has 63 heavy (non-hydrogen) atoms. The molecule has 0 unspecified atom stereocenters. The predicted molar refractivity (Wildman–Crippen MR) is 271 cm³/mol. The quantitative estimate of drug-likeness (QED) is 0.152. The SMILES string of the molecule is C=Cc1c(/C=C\C)c2cc(-c3ccc4c(c3)c3ccccc3c3ccccc3c3cc(-c5ccccc5)ccc3n4-c3ccc(-c4ccccc4)cc3)ccc2n1-c1ccccc1. The van der Waals surface area contributed by atoms with E-state index in [2.05, 4.69) is 253 Å². The first-order chi connectivity index (χ1) is 31.2. The van der Waals surface area contributed by atoms with E-state index in [9.17, 15) is 0 Å². The van der Waals surface area contributed by atoms with E-state index < -0.39 is 0 Å². The molecule has 0 saturated heterocycles. The van der Waals surface area contributed by atoms with Crippen LogP contribution in [0.2, 0.25) is 0 Å². The Balaban J connectivity index is 1.26. The lowest BCUT2D eigenvalue weighted by Crippen LogP contribution is -1.98. The molecule has 2 heteroatoms. The zero-order chi connectivity index (χ0) is 42.3. The van der Waals surface area contributed by atoms with E-state index in [1.165, 1.54) is 54.6 Å². The first-order valence-electron chi connectivity index (χ1n) is 21.7. The van der Waals surface area contributed by atoms with E-state index in [-0.39, 0.29) is 0 Å². The number of fused-ring (bicyclic) bond motifs is 8. The van der Waals surface area contributed by atoms with Crippen LogP contribution in [0, 0.1) is 0 Å². The molecule has 11 rings (SSSR count). The molecule has 0 aliphatic carbocycles. The van der Waals surface area contributed by atoms with Crippen molar-refractivity contribution in [3.8, 4) is 44.8 Å². The Morgan fingerprint density at radius 2 is 0.698 bits per heavy atom. The number of allylic oxidation sites excluding steroid dienone is 1. The second-order valence-corrected chi connectivity index (χ2v) is 16.1. The zero-order valence-electron chi connectivity index (χ0n) is 35.1. The number of hydrogen-bond donors (Lipinski definition) is 0. The third-order valence-corrected chi connectivity index (χ3v) is 12.5. The van der Waals surface area contributed by atoms with Gasteiger partial charge in [-0.05, 0) is 129 Å². The van der Waals surface area contributed by atoms with Gasteiger partial charge in [-0.15, -0.1) is 0 Å². The molecule has 0 radical (unpaired) electrons. The number of para-hydroxylation sites is 1. The summed E-state index contributed by atoms with van der Waals surface area (Å²) in [5.74, 6) is 0. The van der Waals surface area contributed by atoms with E-state index >= 15 is 0 Å². The molecular weight excluding hydrogens is 761 g/mol. The Morgan fingerprint density at radius 3 is 1.19 bits per heavy atom. The minimum Gasteiger partial charge on any atom is -0.309 e. The molecule has 2 nitrogen and oxygen atoms in total. The van der Waals surface area contributed by atoms with Crippen molar-refractivity contribution in [2.45, 2.75) is 6.92 Å². The van der Waals surface area contributed by atoms with Gasteiger partial charge in [-0.25, -0.2) is 0 Å². The van der Waals surface area contributed by atoms with Crippen LogP contribution in [0.3, 0.4) is 0 Å². The fourth-order valence-electron chi connectivity index (χ4n) is 9.54. The standard InChI is InChI=1S/C61H44N2/c1-3-18-54-57-41-47(33-38-61(57)62(58(54)4-2)48-23-12-7-13-24-48)46-32-37-60-56(40-46)53-28-17-15-26-51(53)50-25-14-16-27-52(50)55-39-45(43-21-10-6-11-22-43)31-36-59(55)63(60)49-34-29-44(30-35-49)42-19-8-5-9-20-42/h3-41H,2H2,1H3/b18-3-. The zero-order valence-corrected chi connectivity index (χ0v) is 35.1. The first-order valence-corrected chi connectivity index (χ1v) is 21.7. The van der Waals surface area contributed by atoms with Gasteiger partial charge in [0, 0.05) is 33.1 Å². The van der Waals surface area contributed by atoms with Gasteiger partial charge in [0.25, 0.3) is 0 Å². The lowest BCUT2D eigenvalue weighted by atomic mass is 9.97. The number of aromatic nitrogens is 2. The van der Waals surface area contributed by atoms with Crippen LogP contribution in [-0.4, -0.2) is 9.13 Å². The molecule has 0 bridgehead atoms. The molecule has 298 valence electrons. The minimum absolute atomic E-state index is 1.08. The number of benzene rings is 9. The maximum Gasteiger partial charge on any atom is 0.0541 e. The average Bonchev–Trinajstić information content (AvgIpc) is 3.69. The van der Waals surface area contributed by atoms with Gasteiger partial charge < -0.3 is 9.13 Å². The molecule has 0 fully saturated rings. The van der Waals surface area contributed by atoms with Crippen LogP contribution in [0.25, 0.3) is 111 Å². The van der Waals surface area contributed by atoms with Gasteiger partial charge in [-0.2, -0.15) is 0 Å². The van der Waals surface area contributed by atoms with Crippen LogP contribution in [0.5, 0.6) is 0 Å². The molecule has 2 aromatic heterocycles. The van der Waals surface area contributed by atoms with Crippen molar-refractivity contribution in [3.05, 3.63) is 242 Å². The summed E-state index contributed by atoms with van der Waals surface area (Å²) in [4.78, 5) is 0. The van der Waals surface area contributed by atoms with E-state index in [0.29, 0.717) is 0 Å². The van der Waals surface area contributed by atoms with Crippen molar-refractivity contribution in [2.24, 2.45) is 0 Å². The van der Waals surface area contributed by atoms with Crippen LogP contribution >= 0.6 is 0 Å². The van der Waals surface area contributed by atoms with Gasteiger partial charge in [0.15, 0.2) is 0 Å². The molecule has 11 aromatic rings. The Kier molecular flexibility index (Phi) is 9.60. The summed E-state index contributed by atoms with van der Waals surface area (Å²) >= 11 is 0. The predicted octanol–water partition coefficient (Wildman–Crippen LogP) is 16.8. The van der Waals surface area contributed by atoms with Crippen LogP contribution < -0.4 is 0 Å². The van der Waals surface area contributed by atoms with Crippen LogP contribution in [-0.2, 0) is 0 Å². The normalized spacial score (nSPS) is 11.6. The molecule has 0 saturated carbocycles. The maximum atomic E-state index is 4.27. The first kappa shape index (κ1) is 37.8. The van der Waals surface area contributed by atoms with Gasteiger partial charge >= 0.3 is 0 Å². The van der Waals surface area contributed by atoms with Crippen molar-refractivity contribution < 1.29 is 0 Å². The maximum absolute atomic E-state index is 4.27. The summed E-state index contributed by atoms with van der Waals surface area (Å²) in [5, 5.41) is 8.30.